The maximum Gasteiger partial charge on any atom is 0.0707 e. The van der Waals surface area contributed by atoms with Gasteiger partial charge in [-0.05, 0) is 166 Å². The normalized spacial score (nSPS) is 11.6. The second-order valence-electron chi connectivity index (χ2n) is 24.3. The van der Waals surface area contributed by atoms with Crippen LogP contribution in [0.2, 0.25) is 0 Å². The molecule has 0 unspecified atom stereocenters. The SMILES string of the molecule is CC(C)c1cc(C(C)C)c2ccccc2c1.CC(C)c1cc(C(C)C)c2ccccc2c1.CC(C)c1cc(C(C)C)c2cccnc2c1.CC(C)c1cc(C(C)C)c2ccncc2c1.CC(C)c1cccc(C(C)C)c1. The number of fused-ring (bicyclic) bond motifs is 4. The Hall–Kier alpha value is -6.12. The van der Waals surface area contributed by atoms with Crippen LogP contribution in [0.3, 0.4) is 0 Å². The summed E-state index contributed by atoms with van der Waals surface area (Å²) in [7, 11) is 0. The predicted molar refractivity (Wildman–Crippen MR) is 339 cm³/mol. The lowest BCUT2D eigenvalue weighted by Gasteiger charge is -2.14. The number of hydrogen-bond donors (Lipinski definition) is 0. The first-order valence-electron chi connectivity index (χ1n) is 28.9. The van der Waals surface area contributed by atoms with Gasteiger partial charge in [0, 0.05) is 29.4 Å². The van der Waals surface area contributed by atoms with E-state index in [0.29, 0.717) is 59.2 Å². The fraction of sp³-hybridized carbons (Fsp3) is 0.405. The Labute approximate surface area is 462 Å². The van der Waals surface area contributed by atoms with E-state index >= 15 is 0 Å². The molecule has 2 aromatic heterocycles. The van der Waals surface area contributed by atoms with Crippen molar-refractivity contribution in [3.05, 3.63) is 214 Å². The van der Waals surface area contributed by atoms with E-state index in [2.05, 4.69) is 282 Å². The van der Waals surface area contributed by atoms with E-state index in [-0.39, 0.29) is 0 Å². The molecule has 7 aromatic carbocycles. The highest BCUT2D eigenvalue weighted by Gasteiger charge is 2.13. The molecule has 0 saturated heterocycles. The Morgan fingerprint density at radius 1 is 0.250 bits per heavy atom. The van der Waals surface area contributed by atoms with Crippen molar-refractivity contribution in [2.24, 2.45) is 0 Å². The van der Waals surface area contributed by atoms with Gasteiger partial charge in [0.1, 0.15) is 0 Å². The maximum absolute atomic E-state index is 4.47. The summed E-state index contributed by atoms with van der Waals surface area (Å²) in [6.45, 7) is 45.0. The highest BCUT2D eigenvalue weighted by Crippen LogP contribution is 2.33. The van der Waals surface area contributed by atoms with Crippen molar-refractivity contribution in [1.29, 1.82) is 0 Å². The Kier molecular flexibility index (Phi) is 22.6. The van der Waals surface area contributed by atoms with Crippen LogP contribution in [0, 0.1) is 0 Å². The summed E-state index contributed by atoms with van der Waals surface area (Å²) in [6, 6.07) is 51.1. The molecule has 0 atom stereocenters. The molecule has 0 aliphatic heterocycles. The van der Waals surface area contributed by atoms with E-state index in [1.165, 1.54) is 93.3 Å². The van der Waals surface area contributed by atoms with Gasteiger partial charge in [0.15, 0.2) is 0 Å². The third kappa shape index (κ3) is 16.4. The highest BCUT2D eigenvalue weighted by atomic mass is 14.6. The lowest BCUT2D eigenvalue weighted by Crippen LogP contribution is -1.96. The Morgan fingerprint density at radius 2 is 0.592 bits per heavy atom. The third-order valence-electron chi connectivity index (χ3n) is 14.8. The van der Waals surface area contributed by atoms with Gasteiger partial charge >= 0.3 is 0 Å². The largest absolute Gasteiger partial charge is 0.264 e. The highest BCUT2D eigenvalue weighted by molar-refractivity contribution is 5.89. The first-order chi connectivity index (χ1) is 36.0. The summed E-state index contributed by atoms with van der Waals surface area (Å²) < 4.78 is 0. The Bertz CT molecular complexity index is 2830. The molecule has 2 heterocycles. The van der Waals surface area contributed by atoms with Crippen molar-refractivity contribution in [2.75, 3.05) is 0 Å². The summed E-state index contributed by atoms with van der Waals surface area (Å²) in [5.41, 5.74) is 15.5. The molecular formula is C74H96N2. The summed E-state index contributed by atoms with van der Waals surface area (Å²) >= 11 is 0. The minimum absolute atomic E-state index is 0.547. The van der Waals surface area contributed by atoms with Crippen LogP contribution in [0.4, 0.5) is 0 Å². The van der Waals surface area contributed by atoms with Gasteiger partial charge in [-0.25, -0.2) is 0 Å². The van der Waals surface area contributed by atoms with E-state index in [9.17, 15) is 0 Å². The number of pyridine rings is 2. The van der Waals surface area contributed by atoms with Gasteiger partial charge in [-0.15, -0.1) is 0 Å². The molecule has 9 aromatic rings. The van der Waals surface area contributed by atoms with Gasteiger partial charge in [0.2, 0.25) is 0 Å². The smallest absolute Gasteiger partial charge is 0.0707 e. The summed E-state index contributed by atoms with van der Waals surface area (Å²) in [5.74, 6) is 5.89. The minimum atomic E-state index is 0.547. The summed E-state index contributed by atoms with van der Waals surface area (Å²) in [5, 5.41) is 9.45. The van der Waals surface area contributed by atoms with Crippen LogP contribution in [-0.2, 0) is 0 Å². The third-order valence-corrected chi connectivity index (χ3v) is 14.8. The quantitative estimate of drug-likeness (QED) is 0.136. The first kappa shape index (κ1) is 60.7. The van der Waals surface area contributed by atoms with Crippen molar-refractivity contribution in [2.45, 2.75) is 198 Å². The van der Waals surface area contributed by atoms with Crippen LogP contribution in [0.1, 0.15) is 253 Å². The van der Waals surface area contributed by atoms with E-state index < -0.39 is 0 Å². The fourth-order valence-electron chi connectivity index (χ4n) is 9.75. The molecular weight excluding hydrogens is 917 g/mol. The van der Waals surface area contributed by atoms with Gasteiger partial charge < -0.3 is 0 Å². The molecule has 0 aliphatic rings. The topological polar surface area (TPSA) is 25.8 Å². The van der Waals surface area contributed by atoms with Crippen LogP contribution in [-0.4, -0.2) is 9.97 Å². The number of aromatic nitrogens is 2. The predicted octanol–water partition coefficient (Wildman–Crippen LogP) is 23.1. The molecule has 9 rings (SSSR count). The van der Waals surface area contributed by atoms with Crippen LogP contribution in [0.5, 0.6) is 0 Å². The molecule has 0 saturated carbocycles. The van der Waals surface area contributed by atoms with Crippen LogP contribution in [0.15, 0.2) is 158 Å². The van der Waals surface area contributed by atoms with Crippen molar-refractivity contribution in [3.8, 4) is 0 Å². The first-order valence-corrected chi connectivity index (χ1v) is 28.9. The molecule has 2 heteroatoms. The Morgan fingerprint density at radius 3 is 0.987 bits per heavy atom. The molecule has 0 amide bonds. The molecule has 0 aliphatic carbocycles. The van der Waals surface area contributed by atoms with E-state index in [0.717, 1.165) is 5.52 Å². The molecule has 0 fully saturated rings. The number of benzene rings is 7. The minimum Gasteiger partial charge on any atom is -0.264 e. The van der Waals surface area contributed by atoms with Gasteiger partial charge in [0.05, 0.1) is 5.52 Å². The zero-order valence-corrected chi connectivity index (χ0v) is 50.7. The van der Waals surface area contributed by atoms with Crippen LogP contribution in [0.25, 0.3) is 43.2 Å². The Balaban J connectivity index is 0.000000176. The molecule has 402 valence electrons. The summed E-state index contributed by atoms with van der Waals surface area (Å²) in [6.07, 6.45) is 5.72. The van der Waals surface area contributed by atoms with E-state index in [1.54, 1.807) is 0 Å². The molecule has 0 spiro atoms. The van der Waals surface area contributed by atoms with Crippen molar-refractivity contribution < 1.29 is 0 Å². The molecule has 0 N–H and O–H groups in total. The van der Waals surface area contributed by atoms with Crippen LogP contribution < -0.4 is 0 Å². The van der Waals surface area contributed by atoms with Crippen molar-refractivity contribution in [1.82, 2.24) is 9.97 Å². The summed E-state index contributed by atoms with van der Waals surface area (Å²) in [4.78, 5) is 8.68. The lowest BCUT2D eigenvalue weighted by atomic mass is 9.90. The second-order valence-corrected chi connectivity index (χ2v) is 24.3. The lowest BCUT2D eigenvalue weighted by molar-refractivity contribution is 0.834. The van der Waals surface area contributed by atoms with Gasteiger partial charge in [-0.2, -0.15) is 0 Å². The van der Waals surface area contributed by atoms with E-state index in [1.807, 2.05) is 24.7 Å². The number of nitrogens with zero attached hydrogens (tertiary/aromatic N) is 2. The zero-order chi connectivity index (χ0) is 56.0. The zero-order valence-electron chi connectivity index (χ0n) is 50.7. The van der Waals surface area contributed by atoms with Gasteiger partial charge in [-0.1, -0.05) is 254 Å². The number of rotatable bonds is 10. The molecule has 76 heavy (non-hydrogen) atoms. The molecule has 2 nitrogen and oxygen atoms in total. The van der Waals surface area contributed by atoms with Gasteiger partial charge in [-0.3, -0.25) is 9.97 Å². The number of hydrogen-bond acceptors (Lipinski definition) is 2. The van der Waals surface area contributed by atoms with E-state index in [4.69, 9.17) is 0 Å². The molecule has 0 bridgehead atoms. The van der Waals surface area contributed by atoms with Crippen molar-refractivity contribution in [3.63, 3.8) is 0 Å². The van der Waals surface area contributed by atoms with Crippen molar-refractivity contribution >= 4 is 43.2 Å². The average Bonchev–Trinajstić information content (AvgIpc) is 3.39. The monoisotopic (exact) mass is 1010 g/mol. The second kappa shape index (κ2) is 28.3. The van der Waals surface area contributed by atoms with Crippen LogP contribution >= 0.6 is 0 Å². The molecule has 0 radical (unpaired) electrons. The standard InChI is InChI=1S/2C16H20.2C15H19N.C12H18/c2*1-11(2)14-9-13-7-5-6-8-15(13)16(10-14)12(3)4;1-10(2)12-7-13-9-16-6-5-14(13)15(8-12)11(3)4;1-10(2)12-8-14(11(3)4)13-6-5-7-16-15(13)9-12;1-9(2)11-6-5-7-12(8-11)10(3)4/h2*5-12H,1-4H3;2*5-11H,1-4H3;5-10H,1-4H3. The van der Waals surface area contributed by atoms with Gasteiger partial charge in [0.25, 0.3) is 0 Å². The fourth-order valence-corrected chi connectivity index (χ4v) is 9.75. The maximum atomic E-state index is 4.47. The average molecular weight is 1010 g/mol.